The lowest BCUT2D eigenvalue weighted by Crippen LogP contribution is -2.13. The second kappa shape index (κ2) is 10.9. The van der Waals surface area contributed by atoms with Crippen molar-refractivity contribution >= 4 is 40.0 Å². The summed E-state index contributed by atoms with van der Waals surface area (Å²) in [5.41, 5.74) is 4.69. The molecule has 0 unspecified atom stereocenters. The van der Waals surface area contributed by atoms with E-state index in [9.17, 15) is 10.1 Å². The number of nitrogens with one attached hydrogen (secondary N) is 1. The zero-order valence-electron chi connectivity index (χ0n) is 19.6. The monoisotopic (exact) mass is 480 g/mol. The Morgan fingerprint density at radius 1 is 1.06 bits per heavy atom. The van der Waals surface area contributed by atoms with E-state index < -0.39 is 5.91 Å². The number of carbonyl (C=O) groups excluding carboxylic acids is 1. The highest BCUT2D eigenvalue weighted by atomic mass is 35.5. The molecule has 0 aliphatic rings. The number of hydrogen-bond donors (Lipinski definition) is 1. The first-order valence-corrected chi connectivity index (χ1v) is 11.8. The van der Waals surface area contributed by atoms with Crippen LogP contribution in [0, 0.1) is 18.3 Å². The molecule has 1 amide bonds. The fourth-order valence-corrected chi connectivity index (χ4v) is 4.09. The van der Waals surface area contributed by atoms with Crippen molar-refractivity contribution in [2.75, 3.05) is 5.32 Å². The van der Waals surface area contributed by atoms with Gasteiger partial charge in [0.05, 0.1) is 5.02 Å². The van der Waals surface area contributed by atoms with Crippen molar-refractivity contribution in [2.24, 2.45) is 0 Å². The molecule has 0 atom stereocenters. The Morgan fingerprint density at radius 3 is 2.54 bits per heavy atom. The molecule has 0 heterocycles. The smallest absolute Gasteiger partial charge is 0.266 e. The van der Waals surface area contributed by atoms with E-state index in [1.165, 1.54) is 11.6 Å². The maximum absolute atomic E-state index is 12.6. The van der Waals surface area contributed by atoms with E-state index in [1.54, 1.807) is 18.2 Å². The minimum absolute atomic E-state index is 0.0133. The zero-order chi connectivity index (χ0) is 24.8. The first kappa shape index (κ1) is 24.1. The molecule has 4 rings (SSSR count). The minimum Gasteiger partial charge on any atom is -0.487 e. The fourth-order valence-electron chi connectivity index (χ4n) is 3.85. The molecule has 0 spiro atoms. The van der Waals surface area contributed by atoms with Crippen molar-refractivity contribution in [1.82, 2.24) is 0 Å². The van der Waals surface area contributed by atoms with Gasteiger partial charge in [0.15, 0.2) is 0 Å². The largest absolute Gasteiger partial charge is 0.487 e. The second-order valence-corrected chi connectivity index (χ2v) is 8.64. The summed E-state index contributed by atoms with van der Waals surface area (Å²) in [6.45, 7) is 4.51. The highest BCUT2D eigenvalue weighted by Crippen LogP contribution is 2.29. The summed E-state index contributed by atoms with van der Waals surface area (Å²) >= 11 is 6.48. The van der Waals surface area contributed by atoms with Gasteiger partial charge in [0.2, 0.25) is 0 Å². The number of amides is 1. The molecule has 0 saturated heterocycles. The number of benzene rings is 4. The quantitative estimate of drug-likeness (QED) is 0.220. The van der Waals surface area contributed by atoms with Gasteiger partial charge >= 0.3 is 0 Å². The number of halogens is 1. The van der Waals surface area contributed by atoms with Gasteiger partial charge in [0.25, 0.3) is 5.91 Å². The van der Waals surface area contributed by atoms with Gasteiger partial charge in [-0.1, -0.05) is 73.1 Å². The van der Waals surface area contributed by atoms with Crippen molar-refractivity contribution in [1.29, 1.82) is 5.26 Å². The van der Waals surface area contributed by atoms with E-state index in [4.69, 9.17) is 16.3 Å². The van der Waals surface area contributed by atoms with Gasteiger partial charge in [-0.15, -0.1) is 0 Å². The maximum Gasteiger partial charge on any atom is 0.266 e. The van der Waals surface area contributed by atoms with Crippen molar-refractivity contribution < 1.29 is 9.53 Å². The third kappa shape index (κ3) is 5.71. The lowest BCUT2D eigenvalue weighted by Gasteiger charge is -2.13. The van der Waals surface area contributed by atoms with Crippen LogP contribution in [0.1, 0.15) is 29.2 Å². The summed E-state index contributed by atoms with van der Waals surface area (Å²) in [4.78, 5) is 12.6. The molecule has 0 aromatic heterocycles. The van der Waals surface area contributed by atoms with Crippen LogP contribution in [0.2, 0.25) is 5.02 Å². The lowest BCUT2D eigenvalue weighted by atomic mass is 10.0. The third-order valence-electron chi connectivity index (χ3n) is 5.90. The summed E-state index contributed by atoms with van der Waals surface area (Å²) < 4.78 is 6.05. The number of nitrogens with zero attached hydrogens (tertiary/aromatic N) is 1. The highest BCUT2D eigenvalue weighted by Gasteiger charge is 2.12. The zero-order valence-corrected chi connectivity index (χ0v) is 20.4. The van der Waals surface area contributed by atoms with Gasteiger partial charge in [-0.2, -0.15) is 5.26 Å². The summed E-state index contributed by atoms with van der Waals surface area (Å²) in [5, 5.41) is 15.0. The molecule has 0 bridgehead atoms. The predicted molar refractivity (Wildman–Crippen MR) is 143 cm³/mol. The summed E-state index contributed by atoms with van der Waals surface area (Å²) in [7, 11) is 0. The van der Waals surface area contributed by atoms with Crippen molar-refractivity contribution in [3.05, 3.63) is 112 Å². The summed E-state index contributed by atoms with van der Waals surface area (Å²) in [6, 6.07) is 27.1. The highest BCUT2D eigenvalue weighted by molar-refractivity contribution is 6.32. The molecule has 0 saturated carbocycles. The Hall–Kier alpha value is -4.07. The minimum atomic E-state index is -0.473. The standard InChI is InChI=1S/C30H25ClN2O2/c1-3-21-9-13-25(14-10-21)33-30(34)24(18-32)16-22-11-15-29(28(31)17-22)35-19-27-20(2)8-12-23-6-4-5-7-26(23)27/h4-17H,3,19H2,1-2H3,(H,33,34)/b24-16+. The van der Waals surface area contributed by atoms with E-state index in [0.717, 1.165) is 28.3 Å². The van der Waals surface area contributed by atoms with Crippen molar-refractivity contribution in [3.63, 3.8) is 0 Å². The maximum atomic E-state index is 12.6. The van der Waals surface area contributed by atoms with Crippen LogP contribution in [0.15, 0.2) is 84.4 Å². The topological polar surface area (TPSA) is 62.1 Å². The molecule has 4 aromatic rings. The molecule has 0 radical (unpaired) electrons. The normalized spacial score (nSPS) is 11.2. The van der Waals surface area contributed by atoms with Gasteiger partial charge in [-0.05, 0) is 71.1 Å². The molecule has 35 heavy (non-hydrogen) atoms. The van der Waals surface area contributed by atoms with Crippen LogP contribution in [0.4, 0.5) is 5.69 Å². The number of hydrogen-bond acceptors (Lipinski definition) is 3. The Kier molecular flexibility index (Phi) is 7.50. The van der Waals surface area contributed by atoms with E-state index in [0.29, 0.717) is 28.6 Å². The van der Waals surface area contributed by atoms with Crippen LogP contribution in [0.25, 0.3) is 16.8 Å². The first-order valence-electron chi connectivity index (χ1n) is 11.4. The molecule has 4 nitrogen and oxygen atoms in total. The summed E-state index contributed by atoms with van der Waals surface area (Å²) in [6.07, 6.45) is 2.43. The third-order valence-corrected chi connectivity index (χ3v) is 6.19. The van der Waals surface area contributed by atoms with Crippen LogP contribution in [0.3, 0.4) is 0 Å². The van der Waals surface area contributed by atoms with Gasteiger partial charge in [0, 0.05) is 11.3 Å². The average Bonchev–Trinajstić information content (AvgIpc) is 2.88. The molecule has 0 aliphatic heterocycles. The van der Waals surface area contributed by atoms with Crippen LogP contribution in [0.5, 0.6) is 5.75 Å². The number of aryl methyl sites for hydroxylation is 2. The number of rotatable bonds is 7. The summed E-state index contributed by atoms with van der Waals surface area (Å²) in [5.74, 6) is 0.0646. The molecular formula is C30H25ClN2O2. The molecule has 174 valence electrons. The molecule has 1 N–H and O–H groups in total. The fraction of sp³-hybridized carbons (Fsp3) is 0.133. The number of fused-ring (bicyclic) bond motifs is 1. The SMILES string of the molecule is CCc1ccc(NC(=O)/C(C#N)=C/c2ccc(OCc3c(C)ccc4ccccc34)c(Cl)c2)cc1. The first-order chi connectivity index (χ1) is 17.0. The van der Waals surface area contributed by atoms with Crippen LogP contribution >= 0.6 is 11.6 Å². The van der Waals surface area contributed by atoms with E-state index in [-0.39, 0.29) is 5.57 Å². The molecule has 0 aliphatic carbocycles. The molecule has 4 aromatic carbocycles. The van der Waals surface area contributed by atoms with E-state index in [2.05, 4.69) is 43.4 Å². The number of nitriles is 1. The van der Waals surface area contributed by atoms with Gasteiger partial charge in [-0.3, -0.25) is 4.79 Å². The molecule has 5 heteroatoms. The van der Waals surface area contributed by atoms with Crippen LogP contribution in [-0.4, -0.2) is 5.91 Å². The predicted octanol–water partition coefficient (Wildman–Crippen LogP) is 7.49. The molecular weight excluding hydrogens is 456 g/mol. The van der Waals surface area contributed by atoms with Crippen molar-refractivity contribution in [3.8, 4) is 11.8 Å². The van der Waals surface area contributed by atoms with Gasteiger partial charge < -0.3 is 10.1 Å². The Balaban J connectivity index is 1.48. The lowest BCUT2D eigenvalue weighted by molar-refractivity contribution is -0.112. The Labute approximate surface area is 210 Å². The van der Waals surface area contributed by atoms with Gasteiger partial charge in [0.1, 0.15) is 24.0 Å². The van der Waals surface area contributed by atoms with Crippen LogP contribution < -0.4 is 10.1 Å². The average molecular weight is 481 g/mol. The van der Waals surface area contributed by atoms with E-state index in [1.807, 2.05) is 42.5 Å². The Bertz CT molecular complexity index is 1450. The number of ether oxygens (including phenoxy) is 1. The second-order valence-electron chi connectivity index (χ2n) is 8.24. The molecule has 0 fully saturated rings. The Morgan fingerprint density at radius 2 is 1.83 bits per heavy atom. The van der Waals surface area contributed by atoms with Crippen molar-refractivity contribution in [2.45, 2.75) is 26.9 Å². The number of carbonyl (C=O) groups is 1. The van der Waals surface area contributed by atoms with Gasteiger partial charge in [-0.25, -0.2) is 0 Å². The van der Waals surface area contributed by atoms with Crippen LogP contribution in [-0.2, 0) is 17.8 Å². The number of anilines is 1. The van der Waals surface area contributed by atoms with E-state index >= 15 is 0 Å².